The zero-order valence-electron chi connectivity index (χ0n) is 18.6. The summed E-state index contributed by atoms with van der Waals surface area (Å²) in [6.45, 7) is 0. The molecule has 1 aliphatic rings. The molecule has 0 heteroatoms. The highest BCUT2D eigenvalue weighted by atomic mass is 14.0. The maximum absolute atomic E-state index is 2.36. The Morgan fingerprint density at radius 1 is 0.222 bits per heavy atom. The van der Waals surface area contributed by atoms with Crippen molar-refractivity contribution in [1.29, 1.82) is 0 Å². The van der Waals surface area contributed by atoms with Crippen molar-refractivity contribution in [2.45, 2.75) is 148 Å². The smallest absolute Gasteiger partial charge is 0.0348 e. The van der Waals surface area contributed by atoms with Crippen LogP contribution in [0.25, 0.3) is 0 Å². The predicted octanol–water partition coefficient (Wildman–Crippen LogP) is 10.1. The van der Waals surface area contributed by atoms with Crippen LogP contribution in [0, 0.1) is 0 Å². The van der Waals surface area contributed by atoms with E-state index in [-0.39, 0.29) is 0 Å². The molecule has 0 N–H and O–H groups in total. The molecule has 0 atom stereocenters. The van der Waals surface area contributed by atoms with Gasteiger partial charge in [0.05, 0.1) is 0 Å². The minimum Gasteiger partial charge on any atom is -0.0845 e. The van der Waals surface area contributed by atoms with E-state index in [9.17, 15) is 0 Å². The van der Waals surface area contributed by atoms with E-state index in [1.165, 1.54) is 148 Å². The third-order valence-corrected chi connectivity index (χ3v) is 6.12. The van der Waals surface area contributed by atoms with E-state index < -0.39 is 0 Å². The van der Waals surface area contributed by atoms with Gasteiger partial charge in [-0.05, 0) is 25.7 Å². The second-order valence-corrected chi connectivity index (χ2v) is 8.86. The van der Waals surface area contributed by atoms with Crippen LogP contribution in [-0.2, 0) is 0 Å². The minimum atomic E-state index is 1.27. The predicted molar refractivity (Wildman–Crippen MR) is 124 cm³/mol. The average molecular weight is 375 g/mol. The zero-order valence-corrected chi connectivity index (χ0v) is 18.6. The second kappa shape index (κ2) is 21.8. The van der Waals surface area contributed by atoms with Gasteiger partial charge in [0.25, 0.3) is 0 Å². The van der Waals surface area contributed by atoms with Crippen molar-refractivity contribution in [3.05, 3.63) is 24.3 Å². The molecule has 0 aliphatic heterocycles. The van der Waals surface area contributed by atoms with Crippen LogP contribution in [0.4, 0.5) is 0 Å². The molecule has 0 fully saturated rings. The van der Waals surface area contributed by atoms with Gasteiger partial charge in [0.2, 0.25) is 0 Å². The Hall–Kier alpha value is -0.520. The summed E-state index contributed by atoms with van der Waals surface area (Å²) in [6, 6.07) is 0. The van der Waals surface area contributed by atoms with Crippen LogP contribution in [0.2, 0.25) is 0 Å². The van der Waals surface area contributed by atoms with Gasteiger partial charge in [-0.1, -0.05) is 146 Å². The van der Waals surface area contributed by atoms with E-state index in [0.717, 1.165) is 0 Å². The Labute approximate surface area is 172 Å². The van der Waals surface area contributed by atoms with Crippen molar-refractivity contribution in [3.8, 4) is 0 Å². The van der Waals surface area contributed by atoms with E-state index in [4.69, 9.17) is 0 Å². The summed E-state index contributed by atoms with van der Waals surface area (Å²) >= 11 is 0. The molecule has 0 saturated heterocycles. The fourth-order valence-corrected chi connectivity index (χ4v) is 4.23. The van der Waals surface area contributed by atoms with Gasteiger partial charge in [-0.15, -0.1) is 0 Å². The molecule has 0 aromatic heterocycles. The Bertz CT molecular complexity index is 293. The van der Waals surface area contributed by atoms with Crippen LogP contribution in [0.15, 0.2) is 24.3 Å². The monoisotopic (exact) mass is 374 g/mol. The summed E-state index contributed by atoms with van der Waals surface area (Å²) in [5, 5.41) is 0. The first-order valence-electron chi connectivity index (χ1n) is 12.8. The molecule has 0 radical (unpaired) electrons. The fourth-order valence-electron chi connectivity index (χ4n) is 4.23. The highest BCUT2D eigenvalue weighted by Gasteiger charge is 1.95. The van der Waals surface area contributed by atoms with Crippen molar-refractivity contribution in [2.75, 3.05) is 0 Å². The van der Waals surface area contributed by atoms with Crippen LogP contribution in [0.1, 0.15) is 148 Å². The number of allylic oxidation sites excluding steroid dienone is 4. The molecule has 0 aromatic carbocycles. The Morgan fingerprint density at radius 3 is 0.630 bits per heavy atom. The second-order valence-electron chi connectivity index (χ2n) is 8.86. The maximum Gasteiger partial charge on any atom is -0.0348 e. The van der Waals surface area contributed by atoms with E-state index in [0.29, 0.717) is 0 Å². The van der Waals surface area contributed by atoms with Crippen LogP contribution in [-0.4, -0.2) is 0 Å². The van der Waals surface area contributed by atoms with Crippen LogP contribution < -0.4 is 0 Å². The van der Waals surface area contributed by atoms with Gasteiger partial charge >= 0.3 is 0 Å². The minimum absolute atomic E-state index is 1.27. The highest BCUT2D eigenvalue weighted by molar-refractivity contribution is 5.02. The van der Waals surface area contributed by atoms with Crippen LogP contribution >= 0.6 is 0 Å². The lowest BCUT2D eigenvalue weighted by atomic mass is 10.0. The molecule has 27 heavy (non-hydrogen) atoms. The molecule has 0 saturated carbocycles. The zero-order chi connectivity index (χ0) is 19.1. The molecule has 0 unspecified atom stereocenters. The lowest BCUT2D eigenvalue weighted by Crippen LogP contribution is -1.84. The van der Waals surface area contributed by atoms with Crippen molar-refractivity contribution in [3.63, 3.8) is 0 Å². The van der Waals surface area contributed by atoms with Gasteiger partial charge in [-0.3, -0.25) is 0 Å². The summed E-state index contributed by atoms with van der Waals surface area (Å²) in [4.78, 5) is 0. The molecule has 0 spiro atoms. The maximum atomic E-state index is 2.36. The summed E-state index contributed by atoms with van der Waals surface area (Å²) in [7, 11) is 0. The first-order chi connectivity index (χ1) is 13.5. The quantitative estimate of drug-likeness (QED) is 0.395. The lowest BCUT2D eigenvalue weighted by molar-refractivity contribution is 0.520. The molecule has 1 aliphatic carbocycles. The third-order valence-electron chi connectivity index (χ3n) is 6.12. The highest BCUT2D eigenvalue weighted by Crippen LogP contribution is 2.15. The van der Waals surface area contributed by atoms with Crippen molar-refractivity contribution in [1.82, 2.24) is 0 Å². The van der Waals surface area contributed by atoms with Crippen molar-refractivity contribution in [2.24, 2.45) is 0 Å². The topological polar surface area (TPSA) is 0 Å². The SMILES string of the molecule is C1=C\CCCCCCCCCCCCCCCCCCCCCCC\C=C/1. The number of hydrogen-bond donors (Lipinski definition) is 0. The Balaban J connectivity index is 2.08. The van der Waals surface area contributed by atoms with Gasteiger partial charge in [-0.25, -0.2) is 0 Å². The summed E-state index contributed by atoms with van der Waals surface area (Å²) in [5.41, 5.74) is 0. The Kier molecular flexibility index (Phi) is 19.8. The lowest BCUT2D eigenvalue weighted by Gasteiger charge is -2.04. The fraction of sp³-hybridized carbons (Fsp3) is 0.852. The van der Waals surface area contributed by atoms with E-state index in [1.54, 1.807) is 0 Å². The molecular weight excluding hydrogens is 324 g/mol. The number of hydrogen-bond acceptors (Lipinski definition) is 0. The molecule has 1 rings (SSSR count). The van der Waals surface area contributed by atoms with E-state index in [1.807, 2.05) is 0 Å². The van der Waals surface area contributed by atoms with Gasteiger partial charge < -0.3 is 0 Å². The van der Waals surface area contributed by atoms with Crippen LogP contribution in [0.3, 0.4) is 0 Å². The van der Waals surface area contributed by atoms with Gasteiger partial charge in [-0.2, -0.15) is 0 Å². The summed E-state index contributed by atoms with van der Waals surface area (Å²) in [6.07, 6.45) is 42.5. The summed E-state index contributed by atoms with van der Waals surface area (Å²) < 4.78 is 0. The van der Waals surface area contributed by atoms with Crippen LogP contribution in [0.5, 0.6) is 0 Å². The van der Waals surface area contributed by atoms with E-state index >= 15 is 0 Å². The molecule has 0 bridgehead atoms. The first kappa shape index (κ1) is 24.5. The third kappa shape index (κ3) is 20.0. The van der Waals surface area contributed by atoms with Gasteiger partial charge in [0, 0.05) is 0 Å². The molecule has 0 amide bonds. The number of rotatable bonds is 0. The standard InChI is InChI=1S/C27H50/c1-2-4-6-8-10-12-14-16-18-20-22-24-26-27-25-23-21-19-17-15-13-11-9-7-5-3-1/h1-4H,5-27H2/b3-1-,4-2-. The van der Waals surface area contributed by atoms with Gasteiger partial charge in [0.1, 0.15) is 0 Å². The molecule has 0 aromatic rings. The largest absolute Gasteiger partial charge is 0.0845 e. The van der Waals surface area contributed by atoms with E-state index in [2.05, 4.69) is 24.3 Å². The normalized spacial score (nSPS) is 25.2. The molecule has 0 heterocycles. The molecule has 158 valence electrons. The van der Waals surface area contributed by atoms with Gasteiger partial charge in [0.15, 0.2) is 0 Å². The first-order valence-corrected chi connectivity index (χ1v) is 12.8. The molecular formula is C27H50. The van der Waals surface area contributed by atoms with Crippen molar-refractivity contribution >= 4 is 0 Å². The Morgan fingerprint density at radius 2 is 0.407 bits per heavy atom. The summed E-state index contributed by atoms with van der Waals surface area (Å²) in [5.74, 6) is 0. The average Bonchev–Trinajstić information content (AvgIpc) is 2.68. The molecule has 0 nitrogen and oxygen atoms in total. The van der Waals surface area contributed by atoms with Crippen molar-refractivity contribution < 1.29 is 0 Å².